The van der Waals surface area contributed by atoms with Gasteiger partial charge in [-0.3, -0.25) is 4.79 Å². The molecular weight excluding hydrogens is 210 g/mol. The third-order valence-corrected chi connectivity index (χ3v) is 2.92. The number of rotatable bonds is 3. The minimum absolute atomic E-state index is 0.0363. The van der Waals surface area contributed by atoms with E-state index in [4.69, 9.17) is 0 Å². The lowest BCUT2D eigenvalue weighted by atomic mass is 9.90. The van der Waals surface area contributed by atoms with Gasteiger partial charge in [0.2, 0.25) is 5.91 Å². The summed E-state index contributed by atoms with van der Waals surface area (Å²) in [5, 5.41) is 2.87. The van der Waals surface area contributed by atoms with Gasteiger partial charge in [-0.1, -0.05) is 48.6 Å². The number of hydrogen-bond donors (Lipinski definition) is 1. The Balaban J connectivity index is 2.01. The molecule has 0 heterocycles. The molecule has 0 saturated heterocycles. The van der Waals surface area contributed by atoms with Gasteiger partial charge in [0.15, 0.2) is 0 Å². The fourth-order valence-corrected chi connectivity index (χ4v) is 2.03. The van der Waals surface area contributed by atoms with Gasteiger partial charge < -0.3 is 5.32 Å². The average molecular weight is 227 g/mol. The largest absolute Gasteiger partial charge is 0.356 e. The summed E-state index contributed by atoms with van der Waals surface area (Å²) in [5.41, 5.74) is 2.60. The molecule has 88 valence electrons. The minimum Gasteiger partial charge on any atom is -0.356 e. The summed E-state index contributed by atoms with van der Waals surface area (Å²) in [6.45, 7) is 2.27. The molecule has 1 unspecified atom stereocenters. The SMILES string of the molecule is CC(=O)NCC1C=CC=C(c2ccccc2)C1. The van der Waals surface area contributed by atoms with Crippen LogP contribution in [0, 0.1) is 5.92 Å². The fourth-order valence-electron chi connectivity index (χ4n) is 2.03. The van der Waals surface area contributed by atoms with Crippen molar-refractivity contribution in [2.75, 3.05) is 6.54 Å². The quantitative estimate of drug-likeness (QED) is 0.845. The molecule has 2 nitrogen and oxygen atoms in total. The van der Waals surface area contributed by atoms with Crippen molar-refractivity contribution in [1.82, 2.24) is 5.32 Å². The summed E-state index contributed by atoms with van der Waals surface area (Å²) in [4.78, 5) is 10.9. The van der Waals surface area contributed by atoms with Crippen LogP contribution in [0.3, 0.4) is 0 Å². The molecule has 1 aliphatic carbocycles. The Kier molecular flexibility index (Phi) is 3.76. The fraction of sp³-hybridized carbons (Fsp3) is 0.267. The second-order valence-corrected chi connectivity index (χ2v) is 4.34. The zero-order valence-electron chi connectivity index (χ0n) is 10.0. The van der Waals surface area contributed by atoms with E-state index in [9.17, 15) is 4.79 Å². The van der Waals surface area contributed by atoms with Gasteiger partial charge in [0, 0.05) is 13.5 Å². The molecule has 1 N–H and O–H groups in total. The molecule has 2 heteroatoms. The van der Waals surface area contributed by atoms with E-state index in [2.05, 4.69) is 47.8 Å². The maximum atomic E-state index is 10.9. The highest BCUT2D eigenvalue weighted by Crippen LogP contribution is 2.26. The van der Waals surface area contributed by atoms with Gasteiger partial charge in [-0.05, 0) is 23.5 Å². The zero-order valence-corrected chi connectivity index (χ0v) is 10.0. The van der Waals surface area contributed by atoms with Gasteiger partial charge >= 0.3 is 0 Å². The standard InChI is InChI=1S/C15H17NO/c1-12(17)16-11-13-6-5-9-15(10-13)14-7-3-2-4-8-14/h2-9,13H,10-11H2,1H3,(H,16,17). The molecule has 0 saturated carbocycles. The van der Waals surface area contributed by atoms with Crippen molar-refractivity contribution in [3.63, 3.8) is 0 Å². The molecule has 1 atom stereocenters. The van der Waals surface area contributed by atoms with E-state index >= 15 is 0 Å². The molecule has 1 aromatic carbocycles. The molecule has 0 fully saturated rings. The van der Waals surface area contributed by atoms with Crippen LogP contribution in [-0.2, 0) is 4.79 Å². The highest BCUT2D eigenvalue weighted by atomic mass is 16.1. The molecule has 17 heavy (non-hydrogen) atoms. The Bertz CT molecular complexity index is 445. The van der Waals surface area contributed by atoms with Crippen molar-refractivity contribution in [2.24, 2.45) is 5.92 Å². The first-order chi connectivity index (χ1) is 8.25. The van der Waals surface area contributed by atoms with Crippen molar-refractivity contribution in [2.45, 2.75) is 13.3 Å². The van der Waals surface area contributed by atoms with Crippen LogP contribution in [0.4, 0.5) is 0 Å². The first-order valence-corrected chi connectivity index (χ1v) is 5.93. The van der Waals surface area contributed by atoms with Gasteiger partial charge in [0.1, 0.15) is 0 Å². The predicted octanol–water partition coefficient (Wildman–Crippen LogP) is 2.78. The van der Waals surface area contributed by atoms with Crippen LogP contribution in [0.2, 0.25) is 0 Å². The van der Waals surface area contributed by atoms with Gasteiger partial charge in [0.25, 0.3) is 0 Å². The van der Waals surface area contributed by atoms with Crippen LogP contribution >= 0.6 is 0 Å². The Labute approximate surface area is 102 Å². The van der Waals surface area contributed by atoms with E-state index in [0.717, 1.165) is 13.0 Å². The maximum Gasteiger partial charge on any atom is 0.216 e. The van der Waals surface area contributed by atoms with Gasteiger partial charge in [0.05, 0.1) is 0 Å². The van der Waals surface area contributed by atoms with Crippen molar-refractivity contribution < 1.29 is 4.79 Å². The Morgan fingerprint density at radius 3 is 2.82 bits per heavy atom. The number of carbonyl (C=O) groups is 1. The first-order valence-electron chi connectivity index (χ1n) is 5.93. The van der Waals surface area contributed by atoms with E-state index in [1.54, 1.807) is 6.92 Å². The second-order valence-electron chi connectivity index (χ2n) is 4.34. The summed E-state index contributed by atoms with van der Waals surface area (Å²) in [7, 11) is 0. The first kappa shape index (κ1) is 11.6. The van der Waals surface area contributed by atoms with E-state index in [1.807, 2.05) is 6.07 Å². The van der Waals surface area contributed by atoms with Crippen molar-refractivity contribution >= 4 is 11.5 Å². The summed E-state index contributed by atoms with van der Waals surface area (Å²) in [5.74, 6) is 0.438. The monoisotopic (exact) mass is 227 g/mol. The van der Waals surface area contributed by atoms with Crippen molar-refractivity contribution in [3.05, 3.63) is 54.1 Å². The molecule has 2 rings (SSSR count). The van der Waals surface area contributed by atoms with Crippen LogP contribution in [-0.4, -0.2) is 12.5 Å². The lowest BCUT2D eigenvalue weighted by Gasteiger charge is -2.18. The molecule has 0 aromatic heterocycles. The van der Waals surface area contributed by atoms with Crippen LogP contribution in [0.15, 0.2) is 48.6 Å². The molecule has 1 amide bonds. The summed E-state index contributed by atoms with van der Waals surface area (Å²) < 4.78 is 0. The number of allylic oxidation sites excluding steroid dienone is 3. The minimum atomic E-state index is 0.0363. The second kappa shape index (κ2) is 5.48. The molecule has 0 aliphatic heterocycles. The van der Waals surface area contributed by atoms with E-state index in [-0.39, 0.29) is 5.91 Å². The third kappa shape index (κ3) is 3.31. The van der Waals surface area contributed by atoms with E-state index in [1.165, 1.54) is 11.1 Å². The Morgan fingerprint density at radius 1 is 1.35 bits per heavy atom. The lowest BCUT2D eigenvalue weighted by molar-refractivity contribution is -0.119. The molecule has 0 spiro atoms. The number of hydrogen-bond acceptors (Lipinski definition) is 1. The zero-order chi connectivity index (χ0) is 12.1. The van der Waals surface area contributed by atoms with Crippen LogP contribution in [0.5, 0.6) is 0 Å². The third-order valence-electron chi connectivity index (χ3n) is 2.92. The Hall–Kier alpha value is -1.83. The van der Waals surface area contributed by atoms with Crippen molar-refractivity contribution in [3.8, 4) is 0 Å². The molecular formula is C15H17NO. The van der Waals surface area contributed by atoms with Crippen LogP contribution in [0.1, 0.15) is 18.9 Å². The lowest BCUT2D eigenvalue weighted by Crippen LogP contribution is -2.26. The van der Waals surface area contributed by atoms with Crippen molar-refractivity contribution in [1.29, 1.82) is 0 Å². The molecule has 0 radical (unpaired) electrons. The van der Waals surface area contributed by atoms with Crippen LogP contribution < -0.4 is 5.32 Å². The number of benzene rings is 1. The number of amides is 1. The van der Waals surface area contributed by atoms with Crippen LogP contribution in [0.25, 0.3) is 5.57 Å². The average Bonchev–Trinajstić information content (AvgIpc) is 2.38. The summed E-state index contributed by atoms with van der Waals surface area (Å²) >= 11 is 0. The molecule has 1 aliphatic rings. The van der Waals surface area contributed by atoms with Gasteiger partial charge in [-0.2, -0.15) is 0 Å². The normalized spacial score (nSPS) is 18.6. The van der Waals surface area contributed by atoms with E-state index in [0.29, 0.717) is 5.92 Å². The number of carbonyl (C=O) groups excluding carboxylic acids is 1. The number of nitrogens with one attached hydrogen (secondary N) is 1. The maximum absolute atomic E-state index is 10.9. The van der Waals surface area contributed by atoms with Gasteiger partial charge in [-0.15, -0.1) is 0 Å². The van der Waals surface area contributed by atoms with E-state index < -0.39 is 0 Å². The predicted molar refractivity (Wildman–Crippen MR) is 70.3 cm³/mol. The Morgan fingerprint density at radius 2 is 2.12 bits per heavy atom. The topological polar surface area (TPSA) is 29.1 Å². The highest BCUT2D eigenvalue weighted by molar-refractivity contribution is 5.73. The summed E-state index contributed by atoms with van der Waals surface area (Å²) in [6.07, 6.45) is 7.38. The molecule has 1 aromatic rings. The van der Waals surface area contributed by atoms with Gasteiger partial charge in [-0.25, -0.2) is 0 Å². The highest BCUT2D eigenvalue weighted by Gasteiger charge is 2.12. The smallest absolute Gasteiger partial charge is 0.216 e. The molecule has 0 bridgehead atoms. The summed E-state index contributed by atoms with van der Waals surface area (Å²) in [6, 6.07) is 10.4.